The molecule has 0 amide bonds. The molecule has 4 rings (SSSR count). The zero-order valence-corrected chi connectivity index (χ0v) is 17.0. The molecule has 5 nitrogen and oxygen atoms in total. The quantitative estimate of drug-likeness (QED) is 0.631. The Morgan fingerprint density at radius 3 is 2.75 bits per heavy atom. The molecule has 0 fully saturated rings. The summed E-state index contributed by atoms with van der Waals surface area (Å²) >= 11 is 7.71. The van der Waals surface area contributed by atoms with Crippen LogP contribution in [0.15, 0.2) is 27.8 Å². The Morgan fingerprint density at radius 2 is 2.00 bits per heavy atom. The number of rotatable bonds is 5. The van der Waals surface area contributed by atoms with Crippen LogP contribution in [0.1, 0.15) is 28.8 Å². The summed E-state index contributed by atoms with van der Waals surface area (Å²) in [5, 5.41) is 0.893. The van der Waals surface area contributed by atoms with Gasteiger partial charge in [-0.15, -0.1) is 11.3 Å². The number of benzene rings is 1. The van der Waals surface area contributed by atoms with Crippen molar-refractivity contribution in [1.82, 2.24) is 9.13 Å². The fraction of sp³-hybridized carbons (Fsp3) is 0.400. The van der Waals surface area contributed by atoms with Crippen molar-refractivity contribution < 1.29 is 9.13 Å². The standard InChI is InChI=1S/C20H20ClFN2O3S/c1-27-9-8-23-18(25)17-14-4-2-3-5-16(14)28-19(17)24(20(23)26)11-12-6-7-13(22)10-15(12)21/h6-7,10H,2-5,8-9,11H2,1H3. The number of hydrogen-bond donors (Lipinski definition) is 0. The molecule has 0 unspecified atom stereocenters. The van der Waals surface area contributed by atoms with Gasteiger partial charge in [-0.25, -0.2) is 9.18 Å². The third kappa shape index (κ3) is 3.32. The first-order chi connectivity index (χ1) is 13.5. The van der Waals surface area contributed by atoms with Crippen LogP contribution < -0.4 is 11.2 Å². The van der Waals surface area contributed by atoms with E-state index in [1.54, 1.807) is 10.6 Å². The largest absolute Gasteiger partial charge is 0.383 e. The lowest BCUT2D eigenvalue weighted by atomic mass is 9.97. The lowest BCUT2D eigenvalue weighted by molar-refractivity contribution is 0.184. The molecule has 8 heteroatoms. The predicted octanol–water partition coefficient (Wildman–Crippen LogP) is 3.59. The highest BCUT2D eigenvalue weighted by Gasteiger charge is 2.23. The van der Waals surface area contributed by atoms with Crippen molar-refractivity contribution in [1.29, 1.82) is 0 Å². The van der Waals surface area contributed by atoms with Gasteiger partial charge in [-0.3, -0.25) is 13.9 Å². The molecule has 1 aliphatic rings. The number of halogens is 2. The van der Waals surface area contributed by atoms with Crippen molar-refractivity contribution in [3.05, 3.63) is 65.9 Å². The van der Waals surface area contributed by atoms with E-state index in [0.717, 1.165) is 31.2 Å². The van der Waals surface area contributed by atoms with Crippen LogP contribution in [0.4, 0.5) is 4.39 Å². The molecule has 0 saturated heterocycles. The molecule has 2 aromatic heterocycles. The average Bonchev–Trinajstić information content (AvgIpc) is 3.06. The smallest absolute Gasteiger partial charge is 0.332 e. The predicted molar refractivity (Wildman–Crippen MR) is 109 cm³/mol. The van der Waals surface area contributed by atoms with E-state index in [-0.39, 0.29) is 30.3 Å². The zero-order chi connectivity index (χ0) is 19.8. The van der Waals surface area contributed by atoms with Crippen LogP contribution in [-0.4, -0.2) is 22.9 Å². The minimum absolute atomic E-state index is 0.182. The van der Waals surface area contributed by atoms with Crippen LogP contribution in [0.2, 0.25) is 5.02 Å². The van der Waals surface area contributed by atoms with Gasteiger partial charge in [0.05, 0.1) is 25.1 Å². The van der Waals surface area contributed by atoms with Gasteiger partial charge < -0.3 is 4.74 Å². The summed E-state index contributed by atoms with van der Waals surface area (Å²) in [5.74, 6) is -0.428. The first-order valence-corrected chi connectivity index (χ1v) is 10.4. The number of ether oxygens (including phenoxy) is 1. The van der Waals surface area contributed by atoms with Crippen LogP contribution in [0.5, 0.6) is 0 Å². The topological polar surface area (TPSA) is 53.2 Å². The van der Waals surface area contributed by atoms with Crippen LogP contribution in [-0.2, 0) is 30.7 Å². The summed E-state index contributed by atoms with van der Waals surface area (Å²) in [4.78, 5) is 28.2. The molecule has 0 N–H and O–H groups in total. The maximum atomic E-state index is 13.4. The van der Waals surface area contributed by atoms with E-state index in [1.165, 1.54) is 40.0 Å². The van der Waals surface area contributed by atoms with E-state index < -0.39 is 11.5 Å². The normalized spacial score (nSPS) is 13.8. The molecule has 0 saturated carbocycles. The molecule has 148 valence electrons. The maximum absolute atomic E-state index is 13.4. The minimum atomic E-state index is -0.428. The van der Waals surface area contributed by atoms with Crippen LogP contribution in [0.25, 0.3) is 10.2 Å². The lowest BCUT2D eigenvalue weighted by Gasteiger charge is -2.14. The summed E-state index contributed by atoms with van der Waals surface area (Å²) < 4.78 is 21.3. The fourth-order valence-electron chi connectivity index (χ4n) is 3.76. The second-order valence-electron chi connectivity index (χ2n) is 6.95. The Balaban J connectivity index is 1.96. The van der Waals surface area contributed by atoms with Crippen LogP contribution in [0.3, 0.4) is 0 Å². The third-order valence-electron chi connectivity index (χ3n) is 5.18. The van der Waals surface area contributed by atoms with E-state index in [0.29, 0.717) is 15.8 Å². The van der Waals surface area contributed by atoms with Gasteiger partial charge in [0.25, 0.3) is 5.56 Å². The van der Waals surface area contributed by atoms with Crippen molar-refractivity contribution in [2.45, 2.75) is 38.8 Å². The number of hydrogen-bond acceptors (Lipinski definition) is 4. The molecule has 1 aliphatic carbocycles. The highest BCUT2D eigenvalue weighted by Crippen LogP contribution is 2.34. The second kappa shape index (κ2) is 7.81. The van der Waals surface area contributed by atoms with Gasteiger partial charge in [0.1, 0.15) is 10.6 Å². The monoisotopic (exact) mass is 422 g/mol. The van der Waals surface area contributed by atoms with Gasteiger partial charge in [0, 0.05) is 17.0 Å². The fourth-order valence-corrected chi connectivity index (χ4v) is 5.36. The van der Waals surface area contributed by atoms with Gasteiger partial charge in [-0.05, 0) is 48.9 Å². The minimum Gasteiger partial charge on any atom is -0.383 e. The summed E-state index contributed by atoms with van der Waals surface area (Å²) in [5.41, 5.74) is 1.06. The van der Waals surface area contributed by atoms with Crippen molar-refractivity contribution in [2.75, 3.05) is 13.7 Å². The molecule has 1 aromatic carbocycles. The molecule has 0 radical (unpaired) electrons. The average molecular weight is 423 g/mol. The Hall–Kier alpha value is -1.96. The summed E-state index contributed by atoms with van der Waals surface area (Å²) in [6, 6.07) is 4.14. The van der Waals surface area contributed by atoms with Crippen molar-refractivity contribution in [2.24, 2.45) is 0 Å². The molecular weight excluding hydrogens is 403 g/mol. The van der Waals surface area contributed by atoms with Crippen LogP contribution >= 0.6 is 22.9 Å². The Labute approximate surface area is 169 Å². The van der Waals surface area contributed by atoms with Gasteiger partial charge in [0.15, 0.2) is 0 Å². The third-order valence-corrected chi connectivity index (χ3v) is 6.85. The van der Waals surface area contributed by atoms with Gasteiger partial charge in [-0.2, -0.15) is 0 Å². The Morgan fingerprint density at radius 1 is 1.21 bits per heavy atom. The number of aryl methyl sites for hydroxylation is 2. The number of methoxy groups -OCH3 is 1. The summed E-state index contributed by atoms with van der Waals surface area (Å²) in [6.45, 7) is 0.636. The van der Waals surface area contributed by atoms with E-state index in [1.807, 2.05) is 0 Å². The molecule has 0 aliphatic heterocycles. The van der Waals surface area contributed by atoms with Crippen LogP contribution in [0, 0.1) is 5.82 Å². The van der Waals surface area contributed by atoms with Gasteiger partial charge >= 0.3 is 5.69 Å². The van der Waals surface area contributed by atoms with E-state index in [4.69, 9.17) is 16.3 Å². The van der Waals surface area contributed by atoms with Gasteiger partial charge in [0.2, 0.25) is 0 Å². The molecular formula is C20H20ClFN2O3S. The second-order valence-corrected chi connectivity index (χ2v) is 8.44. The first kappa shape index (κ1) is 19.4. The molecule has 0 bridgehead atoms. The SMILES string of the molecule is COCCn1c(=O)c2c3c(sc2n(Cc2ccc(F)cc2Cl)c1=O)CCCC3. The number of fused-ring (bicyclic) bond motifs is 3. The molecule has 0 spiro atoms. The molecule has 28 heavy (non-hydrogen) atoms. The summed E-state index contributed by atoms with van der Waals surface area (Å²) in [7, 11) is 1.53. The lowest BCUT2D eigenvalue weighted by Crippen LogP contribution is -2.41. The van der Waals surface area contributed by atoms with E-state index in [2.05, 4.69) is 0 Å². The Bertz CT molecular complexity index is 1160. The summed E-state index contributed by atoms with van der Waals surface area (Å²) in [6.07, 6.45) is 3.91. The van der Waals surface area contributed by atoms with Crippen molar-refractivity contribution in [3.63, 3.8) is 0 Å². The highest BCUT2D eigenvalue weighted by atomic mass is 35.5. The number of nitrogens with zero attached hydrogens (tertiary/aromatic N) is 2. The zero-order valence-electron chi connectivity index (χ0n) is 15.5. The van der Waals surface area contributed by atoms with Crippen molar-refractivity contribution in [3.8, 4) is 0 Å². The van der Waals surface area contributed by atoms with E-state index >= 15 is 0 Å². The van der Waals surface area contributed by atoms with Gasteiger partial charge in [-0.1, -0.05) is 17.7 Å². The maximum Gasteiger partial charge on any atom is 0.332 e. The molecule has 0 atom stereocenters. The van der Waals surface area contributed by atoms with E-state index in [9.17, 15) is 14.0 Å². The number of thiophene rings is 1. The molecule has 3 aromatic rings. The first-order valence-electron chi connectivity index (χ1n) is 9.22. The Kier molecular flexibility index (Phi) is 5.40. The van der Waals surface area contributed by atoms with Crippen molar-refractivity contribution >= 4 is 33.2 Å². The number of aromatic nitrogens is 2. The highest BCUT2D eigenvalue weighted by molar-refractivity contribution is 7.18. The molecule has 2 heterocycles.